The molecule has 0 spiro atoms. The molecule has 2 amide bonds. The number of benzene rings is 1. The zero-order valence-corrected chi connectivity index (χ0v) is 15.2. The Morgan fingerprint density at radius 3 is 2.50 bits per heavy atom. The number of carbonyl (C=O) groups excluding carboxylic acids is 1. The Kier molecular flexibility index (Phi) is 7.80. The van der Waals surface area contributed by atoms with Gasteiger partial charge in [0.25, 0.3) is 0 Å². The molecule has 0 unspecified atom stereocenters. The molecule has 0 fully saturated rings. The van der Waals surface area contributed by atoms with E-state index < -0.39 is 10.1 Å². The maximum absolute atomic E-state index is 12.1. The molecule has 9 heteroatoms. The molecule has 136 valence electrons. The lowest BCUT2D eigenvalue weighted by molar-refractivity contribution is 0.146. The zero-order valence-electron chi connectivity index (χ0n) is 14.4. The zero-order chi connectivity index (χ0) is 18.2. The summed E-state index contributed by atoms with van der Waals surface area (Å²) in [6, 6.07) is 4.66. The van der Waals surface area contributed by atoms with Crippen LogP contribution in [0.3, 0.4) is 0 Å². The van der Waals surface area contributed by atoms with Gasteiger partial charge in [0, 0.05) is 26.7 Å². The van der Waals surface area contributed by atoms with Crippen LogP contribution in [0.4, 0.5) is 4.79 Å². The molecular weight excluding hydrogens is 336 g/mol. The highest BCUT2D eigenvalue weighted by Crippen LogP contribution is 2.29. The van der Waals surface area contributed by atoms with Gasteiger partial charge in [0.05, 0.1) is 20.0 Å². The van der Waals surface area contributed by atoms with E-state index in [4.69, 9.17) is 13.7 Å². The van der Waals surface area contributed by atoms with Gasteiger partial charge in [-0.2, -0.15) is 8.42 Å². The summed E-state index contributed by atoms with van der Waals surface area (Å²) in [5, 5.41) is 2.73. The third kappa shape index (κ3) is 6.63. The van der Waals surface area contributed by atoms with Crippen LogP contribution in [0.2, 0.25) is 0 Å². The highest BCUT2D eigenvalue weighted by Gasteiger charge is 2.16. The van der Waals surface area contributed by atoms with Crippen LogP contribution in [0.25, 0.3) is 0 Å². The van der Waals surface area contributed by atoms with E-state index in [1.54, 1.807) is 30.2 Å². The Bertz CT molecular complexity index is 647. The van der Waals surface area contributed by atoms with Crippen molar-refractivity contribution in [2.24, 2.45) is 0 Å². The standard InChI is InChI=1S/C15H24N2O6S/c1-5-16-15(18)17(8-9-21-2)11-12-6-7-13(22-3)14(10-12)23-24(4,19)20/h6-7,10H,5,8-9,11H2,1-4H3,(H,16,18). The largest absolute Gasteiger partial charge is 0.493 e. The van der Waals surface area contributed by atoms with Crippen molar-refractivity contribution in [3.05, 3.63) is 23.8 Å². The molecule has 0 atom stereocenters. The van der Waals surface area contributed by atoms with Gasteiger partial charge in [0.2, 0.25) is 0 Å². The van der Waals surface area contributed by atoms with Gasteiger partial charge in [-0.1, -0.05) is 6.07 Å². The first-order valence-electron chi connectivity index (χ1n) is 7.38. The number of nitrogens with one attached hydrogen (secondary N) is 1. The first-order valence-corrected chi connectivity index (χ1v) is 9.20. The van der Waals surface area contributed by atoms with E-state index in [0.717, 1.165) is 6.26 Å². The minimum Gasteiger partial charge on any atom is -0.493 e. The van der Waals surface area contributed by atoms with Gasteiger partial charge in [-0.05, 0) is 24.6 Å². The van der Waals surface area contributed by atoms with E-state index in [2.05, 4.69) is 5.32 Å². The summed E-state index contributed by atoms with van der Waals surface area (Å²) in [5.41, 5.74) is 0.705. The quantitative estimate of drug-likeness (QED) is 0.665. The van der Waals surface area contributed by atoms with Crippen molar-refractivity contribution in [2.75, 3.05) is 40.2 Å². The molecule has 0 radical (unpaired) electrons. The van der Waals surface area contributed by atoms with Gasteiger partial charge in [-0.25, -0.2) is 4.79 Å². The number of carbonyl (C=O) groups is 1. The highest BCUT2D eigenvalue weighted by molar-refractivity contribution is 7.86. The van der Waals surface area contributed by atoms with E-state index in [1.807, 2.05) is 6.92 Å². The average Bonchev–Trinajstić information content (AvgIpc) is 2.50. The topological polar surface area (TPSA) is 94.2 Å². The van der Waals surface area contributed by atoms with Crippen molar-refractivity contribution >= 4 is 16.1 Å². The molecule has 0 aromatic heterocycles. The van der Waals surface area contributed by atoms with Gasteiger partial charge >= 0.3 is 16.1 Å². The van der Waals surface area contributed by atoms with Crippen molar-refractivity contribution in [1.82, 2.24) is 10.2 Å². The molecule has 1 rings (SSSR count). The van der Waals surface area contributed by atoms with Crippen LogP contribution in [-0.4, -0.2) is 59.5 Å². The molecule has 0 bridgehead atoms. The summed E-state index contributed by atoms with van der Waals surface area (Å²) in [5.74, 6) is 0.380. The second kappa shape index (κ2) is 9.33. The Labute approximate surface area is 142 Å². The molecular formula is C15H24N2O6S. The summed E-state index contributed by atoms with van der Waals surface area (Å²) in [7, 11) is -0.710. The number of ether oxygens (including phenoxy) is 2. The lowest BCUT2D eigenvalue weighted by Gasteiger charge is -2.23. The Morgan fingerprint density at radius 2 is 1.96 bits per heavy atom. The Hall–Kier alpha value is -2.00. The van der Waals surface area contributed by atoms with E-state index in [1.165, 1.54) is 7.11 Å². The first kappa shape index (κ1) is 20.0. The predicted octanol–water partition coefficient (Wildman–Crippen LogP) is 1.21. The Balaban J connectivity index is 3.01. The summed E-state index contributed by atoms with van der Waals surface area (Å²) >= 11 is 0. The van der Waals surface area contributed by atoms with Crippen molar-refractivity contribution in [1.29, 1.82) is 0 Å². The SMILES string of the molecule is CCNC(=O)N(CCOC)Cc1ccc(OC)c(OS(C)(=O)=O)c1. The van der Waals surface area contributed by atoms with Gasteiger partial charge in [-0.15, -0.1) is 0 Å². The van der Waals surface area contributed by atoms with Crippen molar-refractivity contribution in [3.8, 4) is 11.5 Å². The smallest absolute Gasteiger partial charge is 0.317 e. The van der Waals surface area contributed by atoms with Crippen LogP contribution < -0.4 is 14.2 Å². The molecule has 0 aliphatic heterocycles. The maximum Gasteiger partial charge on any atom is 0.317 e. The van der Waals surface area contributed by atoms with E-state index >= 15 is 0 Å². The fourth-order valence-corrected chi connectivity index (χ4v) is 2.44. The Morgan fingerprint density at radius 1 is 1.25 bits per heavy atom. The number of hydrogen-bond donors (Lipinski definition) is 1. The van der Waals surface area contributed by atoms with Gasteiger partial charge in [0.15, 0.2) is 11.5 Å². The van der Waals surface area contributed by atoms with E-state index in [-0.39, 0.29) is 18.3 Å². The average molecular weight is 360 g/mol. The second-order valence-electron chi connectivity index (χ2n) is 5.02. The van der Waals surface area contributed by atoms with Gasteiger partial charge < -0.3 is 23.9 Å². The number of urea groups is 1. The first-order chi connectivity index (χ1) is 11.3. The summed E-state index contributed by atoms with van der Waals surface area (Å²) in [6.07, 6.45) is 0.957. The summed E-state index contributed by atoms with van der Waals surface area (Å²) < 4.78 is 37.8. The normalized spacial score (nSPS) is 11.0. The van der Waals surface area contributed by atoms with Gasteiger partial charge in [-0.3, -0.25) is 0 Å². The second-order valence-corrected chi connectivity index (χ2v) is 6.60. The molecule has 8 nitrogen and oxygen atoms in total. The van der Waals surface area contributed by atoms with E-state index in [9.17, 15) is 13.2 Å². The minimum atomic E-state index is -3.69. The molecule has 1 N–H and O–H groups in total. The lowest BCUT2D eigenvalue weighted by atomic mass is 10.2. The molecule has 0 aliphatic rings. The molecule has 1 aromatic carbocycles. The molecule has 0 heterocycles. The fraction of sp³-hybridized carbons (Fsp3) is 0.533. The number of nitrogens with zero attached hydrogens (tertiary/aromatic N) is 1. The molecule has 0 aliphatic carbocycles. The number of hydrogen-bond acceptors (Lipinski definition) is 6. The molecule has 0 saturated carbocycles. The van der Waals surface area contributed by atoms with Crippen molar-refractivity contribution in [2.45, 2.75) is 13.5 Å². The molecule has 24 heavy (non-hydrogen) atoms. The number of rotatable bonds is 9. The van der Waals surface area contributed by atoms with Crippen LogP contribution in [0.15, 0.2) is 18.2 Å². The van der Waals surface area contributed by atoms with Crippen molar-refractivity contribution < 1.29 is 26.9 Å². The minimum absolute atomic E-state index is 0.0834. The third-order valence-corrected chi connectivity index (χ3v) is 3.51. The fourth-order valence-electron chi connectivity index (χ4n) is 1.98. The predicted molar refractivity (Wildman–Crippen MR) is 89.8 cm³/mol. The van der Waals surface area contributed by atoms with Gasteiger partial charge in [0.1, 0.15) is 0 Å². The lowest BCUT2D eigenvalue weighted by Crippen LogP contribution is -2.41. The van der Waals surface area contributed by atoms with Crippen molar-refractivity contribution in [3.63, 3.8) is 0 Å². The monoisotopic (exact) mass is 360 g/mol. The van der Waals surface area contributed by atoms with Crippen LogP contribution >= 0.6 is 0 Å². The number of amides is 2. The summed E-state index contributed by atoms with van der Waals surface area (Å²) in [6.45, 7) is 3.40. The highest BCUT2D eigenvalue weighted by atomic mass is 32.2. The van der Waals surface area contributed by atoms with Crippen LogP contribution in [0.5, 0.6) is 11.5 Å². The van der Waals surface area contributed by atoms with E-state index in [0.29, 0.717) is 31.0 Å². The third-order valence-electron chi connectivity index (χ3n) is 3.02. The summed E-state index contributed by atoms with van der Waals surface area (Å²) in [4.78, 5) is 13.7. The van der Waals surface area contributed by atoms with Crippen LogP contribution in [0.1, 0.15) is 12.5 Å². The number of methoxy groups -OCH3 is 2. The molecule has 0 saturated heterocycles. The maximum atomic E-state index is 12.1. The molecule has 1 aromatic rings. The van der Waals surface area contributed by atoms with Crippen LogP contribution in [-0.2, 0) is 21.4 Å². The van der Waals surface area contributed by atoms with Crippen LogP contribution in [0, 0.1) is 0 Å².